The first-order valence-electron chi connectivity index (χ1n) is 7.10. The van der Waals surface area contributed by atoms with Crippen LogP contribution in [-0.2, 0) is 9.59 Å². The molecule has 0 spiro atoms. The van der Waals surface area contributed by atoms with E-state index in [9.17, 15) is 14.7 Å². The van der Waals surface area contributed by atoms with E-state index in [2.05, 4.69) is 0 Å². The van der Waals surface area contributed by atoms with Crippen LogP contribution in [-0.4, -0.2) is 23.3 Å². The highest BCUT2D eigenvalue weighted by Gasteiger charge is 2.58. The Morgan fingerprint density at radius 2 is 1.65 bits per heavy atom. The van der Waals surface area contributed by atoms with Crippen molar-refractivity contribution in [3.63, 3.8) is 0 Å². The van der Waals surface area contributed by atoms with Crippen LogP contribution in [0.3, 0.4) is 0 Å². The molecule has 0 heterocycles. The molecular formula is C17H24O3. The Labute approximate surface area is 120 Å². The fourth-order valence-corrected chi connectivity index (χ4v) is 3.28. The first kappa shape index (κ1) is 15.2. The van der Waals surface area contributed by atoms with Gasteiger partial charge < -0.3 is 5.11 Å². The quantitative estimate of drug-likeness (QED) is 0.592. The average Bonchev–Trinajstić information content (AvgIpc) is 2.31. The molecule has 0 saturated carbocycles. The van der Waals surface area contributed by atoms with Crippen LogP contribution >= 0.6 is 0 Å². The van der Waals surface area contributed by atoms with Gasteiger partial charge in [0.1, 0.15) is 0 Å². The summed E-state index contributed by atoms with van der Waals surface area (Å²) in [7, 11) is 0. The average molecular weight is 276 g/mol. The van der Waals surface area contributed by atoms with E-state index in [-0.39, 0.29) is 23.6 Å². The zero-order chi connectivity index (χ0) is 15.5. The van der Waals surface area contributed by atoms with Gasteiger partial charge in [-0.15, -0.1) is 0 Å². The fourth-order valence-electron chi connectivity index (χ4n) is 3.28. The normalized spacial score (nSPS) is 30.4. The first-order valence-corrected chi connectivity index (χ1v) is 7.10. The highest BCUT2D eigenvalue weighted by atomic mass is 16.3. The van der Waals surface area contributed by atoms with E-state index in [1.165, 1.54) is 0 Å². The van der Waals surface area contributed by atoms with Crippen LogP contribution in [0.4, 0.5) is 0 Å². The van der Waals surface area contributed by atoms with Gasteiger partial charge in [0.05, 0.1) is 17.9 Å². The Kier molecular flexibility index (Phi) is 3.14. The highest BCUT2D eigenvalue weighted by Crippen LogP contribution is 2.55. The molecule has 0 amide bonds. The molecule has 0 unspecified atom stereocenters. The van der Waals surface area contributed by atoms with Crippen molar-refractivity contribution in [3.05, 3.63) is 23.3 Å². The molecule has 0 aliphatic heterocycles. The number of fused-ring (bicyclic) bond motifs is 1. The SMILES string of the molecule is CC(C)(C)C1=C[C@]2(C(C)(C)C)C=C(CO)[C@H]1C(=O)C2=O. The predicted octanol–water partition coefficient (Wildman–Crippen LogP) is 2.69. The van der Waals surface area contributed by atoms with Gasteiger partial charge in [0.25, 0.3) is 0 Å². The van der Waals surface area contributed by atoms with E-state index in [1.54, 1.807) is 0 Å². The van der Waals surface area contributed by atoms with Gasteiger partial charge in [0.2, 0.25) is 11.6 Å². The van der Waals surface area contributed by atoms with Crippen LogP contribution in [0, 0.1) is 22.2 Å². The summed E-state index contributed by atoms with van der Waals surface area (Å²) in [5, 5.41) is 9.62. The molecule has 0 aromatic rings. The van der Waals surface area contributed by atoms with Crippen LogP contribution in [0.1, 0.15) is 41.5 Å². The molecule has 0 fully saturated rings. The Bertz CT molecular complexity index is 538. The molecule has 0 aromatic heterocycles. The van der Waals surface area contributed by atoms with Crippen molar-refractivity contribution in [2.75, 3.05) is 6.61 Å². The zero-order valence-electron chi connectivity index (χ0n) is 13.2. The van der Waals surface area contributed by atoms with Gasteiger partial charge in [-0.25, -0.2) is 0 Å². The van der Waals surface area contributed by atoms with Crippen molar-refractivity contribution in [2.45, 2.75) is 41.5 Å². The van der Waals surface area contributed by atoms with Crippen molar-refractivity contribution < 1.29 is 14.7 Å². The number of ketones is 2. The van der Waals surface area contributed by atoms with Crippen molar-refractivity contribution in [1.82, 2.24) is 0 Å². The lowest BCUT2D eigenvalue weighted by atomic mass is 9.51. The minimum atomic E-state index is -0.917. The second-order valence-corrected chi connectivity index (χ2v) is 7.97. The number of hydrogen-bond acceptors (Lipinski definition) is 3. The second kappa shape index (κ2) is 4.14. The molecule has 0 aromatic carbocycles. The molecular weight excluding hydrogens is 252 g/mol. The Balaban J connectivity index is 2.78. The number of Topliss-reactive ketones (excluding diaryl/α,β-unsaturated/α-hetero) is 2. The summed E-state index contributed by atoms with van der Waals surface area (Å²) in [6.45, 7) is 11.9. The minimum absolute atomic E-state index is 0.172. The first-order chi connectivity index (χ1) is 8.95. The van der Waals surface area contributed by atoms with Crippen LogP contribution < -0.4 is 0 Å². The molecule has 3 heteroatoms. The second-order valence-electron chi connectivity index (χ2n) is 7.97. The number of hydrogen-bond donors (Lipinski definition) is 1. The Hall–Kier alpha value is -1.22. The van der Waals surface area contributed by atoms with Gasteiger partial charge >= 0.3 is 0 Å². The third-order valence-corrected chi connectivity index (χ3v) is 4.63. The lowest BCUT2D eigenvalue weighted by molar-refractivity contribution is -0.146. The van der Waals surface area contributed by atoms with Crippen LogP contribution in [0.25, 0.3) is 0 Å². The summed E-state index contributed by atoms with van der Waals surface area (Å²) >= 11 is 0. The molecule has 3 aliphatic rings. The van der Waals surface area contributed by atoms with Gasteiger partial charge in [-0.1, -0.05) is 59.3 Å². The zero-order valence-corrected chi connectivity index (χ0v) is 13.2. The van der Waals surface area contributed by atoms with E-state index in [1.807, 2.05) is 53.7 Å². The van der Waals surface area contributed by atoms with Crippen molar-refractivity contribution in [1.29, 1.82) is 0 Å². The lowest BCUT2D eigenvalue weighted by Gasteiger charge is -2.50. The maximum absolute atomic E-state index is 12.6. The van der Waals surface area contributed by atoms with Crippen LogP contribution in [0.5, 0.6) is 0 Å². The van der Waals surface area contributed by atoms with Gasteiger partial charge in [-0.2, -0.15) is 0 Å². The van der Waals surface area contributed by atoms with Gasteiger partial charge in [0, 0.05) is 0 Å². The summed E-state index contributed by atoms with van der Waals surface area (Å²) in [4.78, 5) is 25.1. The van der Waals surface area contributed by atoms with E-state index in [0.29, 0.717) is 5.57 Å². The van der Waals surface area contributed by atoms with Crippen LogP contribution in [0.2, 0.25) is 0 Å². The largest absolute Gasteiger partial charge is 0.392 e. The Morgan fingerprint density at radius 1 is 1.10 bits per heavy atom. The van der Waals surface area contributed by atoms with Gasteiger partial charge in [0.15, 0.2) is 0 Å². The molecule has 110 valence electrons. The molecule has 0 saturated heterocycles. The van der Waals surface area contributed by atoms with E-state index in [0.717, 1.165) is 5.57 Å². The third kappa shape index (κ3) is 1.83. The molecule has 3 nitrogen and oxygen atoms in total. The minimum Gasteiger partial charge on any atom is -0.392 e. The fraction of sp³-hybridized carbons (Fsp3) is 0.647. The monoisotopic (exact) mass is 276 g/mol. The molecule has 2 atom stereocenters. The number of carbonyl (C=O) groups is 2. The maximum Gasteiger partial charge on any atom is 0.213 e. The van der Waals surface area contributed by atoms with E-state index >= 15 is 0 Å². The number of aliphatic hydroxyl groups is 1. The maximum atomic E-state index is 12.6. The molecule has 1 N–H and O–H groups in total. The van der Waals surface area contributed by atoms with Crippen LogP contribution in [0.15, 0.2) is 23.3 Å². The van der Waals surface area contributed by atoms with E-state index in [4.69, 9.17) is 0 Å². The lowest BCUT2D eigenvalue weighted by Crippen LogP contribution is -2.54. The van der Waals surface area contributed by atoms with Gasteiger partial charge in [-0.3, -0.25) is 9.59 Å². The van der Waals surface area contributed by atoms with Crippen molar-refractivity contribution in [2.24, 2.45) is 22.2 Å². The molecule has 0 radical (unpaired) electrons. The number of allylic oxidation sites excluding steroid dienone is 3. The molecule has 2 bridgehead atoms. The molecule has 3 aliphatic carbocycles. The smallest absolute Gasteiger partial charge is 0.213 e. The molecule has 3 rings (SSSR count). The summed E-state index contributed by atoms with van der Waals surface area (Å²) < 4.78 is 0. The summed E-state index contributed by atoms with van der Waals surface area (Å²) in [6.07, 6.45) is 3.82. The molecule has 20 heavy (non-hydrogen) atoms. The Morgan fingerprint density at radius 3 is 2.05 bits per heavy atom. The van der Waals surface area contributed by atoms with Gasteiger partial charge in [-0.05, 0) is 16.4 Å². The summed E-state index contributed by atoms with van der Waals surface area (Å²) in [5.74, 6) is -1.25. The summed E-state index contributed by atoms with van der Waals surface area (Å²) in [6, 6.07) is 0. The summed E-state index contributed by atoms with van der Waals surface area (Å²) in [5.41, 5.74) is 0.119. The third-order valence-electron chi connectivity index (χ3n) is 4.63. The topological polar surface area (TPSA) is 54.4 Å². The predicted molar refractivity (Wildman–Crippen MR) is 78.1 cm³/mol. The number of carbonyl (C=O) groups excluding carboxylic acids is 2. The number of aliphatic hydroxyl groups excluding tert-OH is 1. The number of rotatable bonds is 1. The van der Waals surface area contributed by atoms with Crippen molar-refractivity contribution >= 4 is 11.6 Å². The highest BCUT2D eigenvalue weighted by molar-refractivity contribution is 6.44. The standard InChI is InChI=1S/C17H24O3/c1-15(2,3)11-8-17(16(4,5)6)7-10(9-18)12(11)13(19)14(17)20/h7-8,12,18H,9H2,1-6H3/t12-,17-/m1/s1. The van der Waals surface area contributed by atoms with E-state index < -0.39 is 16.7 Å². The van der Waals surface area contributed by atoms with Crippen molar-refractivity contribution in [3.8, 4) is 0 Å².